The number of fused-ring (bicyclic) bond motifs is 1. The number of hydrogen-bond acceptors (Lipinski definition) is 3. The number of aliphatic imine (C=N–C) groups is 1. The van der Waals surface area contributed by atoms with Gasteiger partial charge in [-0.15, -0.1) is 0 Å². The van der Waals surface area contributed by atoms with Gasteiger partial charge >= 0.3 is 0 Å². The van der Waals surface area contributed by atoms with Crippen molar-refractivity contribution < 1.29 is 9.53 Å². The molecular weight excluding hydrogens is 411 g/mol. The van der Waals surface area contributed by atoms with Gasteiger partial charge in [0.2, 0.25) is 5.91 Å². The van der Waals surface area contributed by atoms with Crippen molar-refractivity contribution in [2.45, 2.75) is 18.8 Å². The third-order valence-corrected chi connectivity index (χ3v) is 5.14. The molecule has 3 rings (SSSR count). The first-order valence-electron chi connectivity index (χ1n) is 9.48. The van der Waals surface area contributed by atoms with Crippen LogP contribution >= 0.6 is 23.2 Å². The average Bonchev–Trinajstić information content (AvgIpc) is 2.71. The first kappa shape index (κ1) is 21.3. The molecule has 0 bridgehead atoms. The lowest BCUT2D eigenvalue weighted by Crippen LogP contribution is -2.41. The fourth-order valence-electron chi connectivity index (χ4n) is 3.18. The Morgan fingerprint density at radius 1 is 1.24 bits per heavy atom. The summed E-state index contributed by atoms with van der Waals surface area (Å²) in [6.45, 7) is 1.83. The van der Waals surface area contributed by atoms with Crippen molar-refractivity contribution in [1.82, 2.24) is 10.6 Å². The molecule has 3 N–H and O–H groups in total. The third kappa shape index (κ3) is 6.02. The van der Waals surface area contributed by atoms with Gasteiger partial charge in [0.15, 0.2) is 5.96 Å². The fourth-order valence-corrected chi connectivity index (χ4v) is 3.64. The van der Waals surface area contributed by atoms with Crippen LogP contribution in [0, 0.1) is 0 Å². The number of anilines is 1. The average molecular weight is 435 g/mol. The molecule has 2 aromatic rings. The van der Waals surface area contributed by atoms with Crippen LogP contribution in [0.2, 0.25) is 10.0 Å². The van der Waals surface area contributed by atoms with Crippen molar-refractivity contribution in [1.29, 1.82) is 0 Å². The number of para-hydroxylation sites is 1. The number of nitrogens with zero attached hydrogens (tertiary/aromatic N) is 1. The molecule has 1 atom stereocenters. The maximum Gasteiger partial charge on any atom is 0.225 e. The Balaban J connectivity index is 1.41. The SMILES string of the molecule is CN=C(NCCCOc1ccc(Cl)cc1Cl)NCC1CC(=O)Nc2ccccc21. The van der Waals surface area contributed by atoms with E-state index in [-0.39, 0.29) is 11.8 Å². The molecule has 0 aliphatic carbocycles. The summed E-state index contributed by atoms with van der Waals surface area (Å²) in [6, 6.07) is 13.1. The van der Waals surface area contributed by atoms with Crippen molar-refractivity contribution in [3.05, 3.63) is 58.1 Å². The smallest absolute Gasteiger partial charge is 0.225 e. The Labute approximate surface area is 180 Å². The fraction of sp³-hybridized carbons (Fsp3) is 0.333. The maximum absolute atomic E-state index is 11.9. The lowest BCUT2D eigenvalue weighted by atomic mass is 9.90. The van der Waals surface area contributed by atoms with E-state index in [1.54, 1.807) is 25.2 Å². The van der Waals surface area contributed by atoms with Crippen molar-refractivity contribution in [3.63, 3.8) is 0 Å². The standard InChI is InChI=1S/C21H24Cl2N4O2/c1-24-21(25-9-4-10-29-19-8-7-15(22)12-17(19)23)26-13-14-11-20(28)27-18-6-3-2-5-16(14)18/h2-3,5-8,12,14H,4,9-11,13H2,1H3,(H,27,28)(H2,24,25,26). The summed E-state index contributed by atoms with van der Waals surface area (Å²) >= 11 is 12.0. The number of ether oxygens (including phenoxy) is 1. The van der Waals surface area contributed by atoms with Crippen LogP contribution in [0.3, 0.4) is 0 Å². The Kier molecular flexibility index (Phi) is 7.61. The summed E-state index contributed by atoms with van der Waals surface area (Å²) in [4.78, 5) is 16.2. The van der Waals surface area contributed by atoms with Gasteiger partial charge in [-0.1, -0.05) is 41.4 Å². The van der Waals surface area contributed by atoms with Crippen molar-refractivity contribution in [2.75, 3.05) is 32.1 Å². The molecule has 0 radical (unpaired) electrons. The minimum Gasteiger partial charge on any atom is -0.492 e. The molecule has 8 heteroatoms. The molecule has 6 nitrogen and oxygen atoms in total. The molecule has 1 aliphatic heterocycles. The zero-order chi connectivity index (χ0) is 20.6. The first-order valence-corrected chi connectivity index (χ1v) is 10.2. The summed E-state index contributed by atoms with van der Waals surface area (Å²) in [5.41, 5.74) is 2.03. The number of hydrogen-bond donors (Lipinski definition) is 3. The van der Waals surface area contributed by atoms with E-state index in [1.807, 2.05) is 18.2 Å². The van der Waals surface area contributed by atoms with Gasteiger partial charge in [-0.25, -0.2) is 0 Å². The summed E-state index contributed by atoms with van der Waals surface area (Å²) in [5, 5.41) is 10.6. The zero-order valence-corrected chi connectivity index (χ0v) is 17.7. The highest BCUT2D eigenvalue weighted by Gasteiger charge is 2.24. The molecule has 1 unspecified atom stereocenters. The van der Waals surface area contributed by atoms with Crippen LogP contribution in [-0.4, -0.2) is 38.6 Å². The minimum absolute atomic E-state index is 0.0384. The van der Waals surface area contributed by atoms with E-state index in [0.717, 1.165) is 17.7 Å². The second-order valence-corrected chi connectivity index (χ2v) is 7.54. The highest BCUT2D eigenvalue weighted by atomic mass is 35.5. The molecule has 0 aromatic heterocycles. The lowest BCUT2D eigenvalue weighted by molar-refractivity contribution is -0.116. The van der Waals surface area contributed by atoms with Crippen LogP contribution in [0.25, 0.3) is 0 Å². The Morgan fingerprint density at radius 3 is 2.86 bits per heavy atom. The van der Waals surface area contributed by atoms with Crippen LogP contribution in [0.15, 0.2) is 47.5 Å². The monoisotopic (exact) mass is 434 g/mol. The normalized spacial score (nSPS) is 16.0. The molecule has 0 spiro atoms. The van der Waals surface area contributed by atoms with Gasteiger partial charge in [0.25, 0.3) is 0 Å². The zero-order valence-electron chi connectivity index (χ0n) is 16.2. The van der Waals surface area contributed by atoms with Gasteiger partial charge in [0.1, 0.15) is 5.75 Å². The number of rotatable bonds is 7. The van der Waals surface area contributed by atoms with Gasteiger partial charge < -0.3 is 20.7 Å². The number of halogens is 2. The topological polar surface area (TPSA) is 74.8 Å². The van der Waals surface area contributed by atoms with Crippen molar-refractivity contribution >= 4 is 40.8 Å². The van der Waals surface area contributed by atoms with Crippen LogP contribution in [0.5, 0.6) is 5.75 Å². The number of guanidine groups is 1. The van der Waals surface area contributed by atoms with E-state index < -0.39 is 0 Å². The van der Waals surface area contributed by atoms with Crippen LogP contribution in [-0.2, 0) is 4.79 Å². The van der Waals surface area contributed by atoms with Gasteiger partial charge in [0.05, 0.1) is 11.6 Å². The van der Waals surface area contributed by atoms with E-state index in [9.17, 15) is 4.79 Å². The summed E-state index contributed by atoms with van der Waals surface area (Å²) < 4.78 is 5.68. The van der Waals surface area contributed by atoms with Gasteiger partial charge in [-0.3, -0.25) is 9.79 Å². The van der Waals surface area contributed by atoms with E-state index in [1.165, 1.54) is 0 Å². The molecule has 2 aromatic carbocycles. The summed E-state index contributed by atoms with van der Waals surface area (Å²) in [6.07, 6.45) is 1.23. The molecule has 0 fully saturated rings. The van der Waals surface area contributed by atoms with E-state index in [0.29, 0.717) is 47.9 Å². The van der Waals surface area contributed by atoms with E-state index >= 15 is 0 Å². The molecule has 1 amide bonds. The molecule has 1 heterocycles. The maximum atomic E-state index is 11.9. The minimum atomic E-state index is 0.0384. The van der Waals surface area contributed by atoms with Crippen molar-refractivity contribution in [2.24, 2.45) is 4.99 Å². The number of carbonyl (C=O) groups is 1. The predicted octanol–water partition coefficient (Wildman–Crippen LogP) is 4.05. The van der Waals surface area contributed by atoms with E-state index in [4.69, 9.17) is 27.9 Å². The van der Waals surface area contributed by atoms with Crippen LogP contribution < -0.4 is 20.7 Å². The van der Waals surface area contributed by atoms with Crippen LogP contribution in [0.4, 0.5) is 5.69 Å². The van der Waals surface area contributed by atoms with Gasteiger partial charge in [-0.2, -0.15) is 0 Å². The highest BCUT2D eigenvalue weighted by Crippen LogP contribution is 2.31. The summed E-state index contributed by atoms with van der Waals surface area (Å²) in [5.74, 6) is 1.45. The Hall–Kier alpha value is -2.44. The number of benzene rings is 2. The van der Waals surface area contributed by atoms with Gasteiger partial charge in [-0.05, 0) is 36.2 Å². The first-order chi connectivity index (χ1) is 14.1. The molecular formula is C21H24Cl2N4O2. The quantitative estimate of drug-likeness (QED) is 0.349. The Bertz CT molecular complexity index is 889. The summed E-state index contributed by atoms with van der Waals surface area (Å²) in [7, 11) is 1.72. The second kappa shape index (κ2) is 10.4. The molecule has 0 saturated carbocycles. The van der Waals surface area contributed by atoms with E-state index in [2.05, 4.69) is 27.0 Å². The second-order valence-electron chi connectivity index (χ2n) is 6.69. The lowest BCUT2D eigenvalue weighted by Gasteiger charge is -2.26. The van der Waals surface area contributed by atoms with Crippen LogP contribution in [0.1, 0.15) is 24.3 Å². The molecule has 29 heavy (non-hydrogen) atoms. The number of carbonyl (C=O) groups excluding carboxylic acids is 1. The van der Waals surface area contributed by atoms with Gasteiger partial charge in [0, 0.05) is 43.2 Å². The Morgan fingerprint density at radius 2 is 2.07 bits per heavy atom. The molecule has 0 saturated heterocycles. The molecule has 154 valence electrons. The largest absolute Gasteiger partial charge is 0.492 e. The third-order valence-electron chi connectivity index (χ3n) is 4.61. The molecule has 1 aliphatic rings. The number of nitrogens with one attached hydrogen (secondary N) is 3. The van der Waals surface area contributed by atoms with Crippen molar-refractivity contribution in [3.8, 4) is 5.75 Å². The predicted molar refractivity (Wildman–Crippen MR) is 118 cm³/mol. The highest BCUT2D eigenvalue weighted by molar-refractivity contribution is 6.35. The number of amides is 1.